The highest BCUT2D eigenvalue weighted by molar-refractivity contribution is 5.72. The van der Waals surface area contributed by atoms with Gasteiger partial charge in [-0.05, 0) is 43.9 Å². The lowest BCUT2D eigenvalue weighted by atomic mass is 10.0. The highest BCUT2D eigenvalue weighted by Crippen LogP contribution is 2.19. The van der Waals surface area contributed by atoms with Crippen molar-refractivity contribution in [3.05, 3.63) is 41.6 Å². The molecule has 1 heterocycles. The van der Waals surface area contributed by atoms with E-state index in [0.717, 1.165) is 36.2 Å². The largest absolute Gasteiger partial charge is 0.466 e. The Balaban J connectivity index is 2.15. The lowest BCUT2D eigenvalue weighted by molar-refractivity contribution is -0.147. The molecule has 130 valence electrons. The maximum atomic E-state index is 11.8. The molecule has 24 heavy (non-hydrogen) atoms. The minimum Gasteiger partial charge on any atom is -0.466 e. The van der Waals surface area contributed by atoms with Crippen LogP contribution in [0.15, 0.2) is 30.3 Å². The van der Waals surface area contributed by atoms with E-state index in [-0.39, 0.29) is 11.9 Å². The molecule has 1 atom stereocenters. The fraction of sp³-hybridized carbons (Fsp3) is 0.474. The number of aromatic nitrogens is 2. The second kappa shape index (κ2) is 8.52. The Morgan fingerprint density at radius 2 is 2.12 bits per heavy atom. The summed E-state index contributed by atoms with van der Waals surface area (Å²) in [6, 6.07) is 9.92. The number of benzene rings is 1. The molecule has 1 unspecified atom stereocenters. The van der Waals surface area contributed by atoms with Gasteiger partial charge in [-0.25, -0.2) is 4.68 Å². The van der Waals surface area contributed by atoms with E-state index < -0.39 is 0 Å². The molecule has 0 aliphatic rings. The molecule has 5 nitrogen and oxygen atoms in total. The Morgan fingerprint density at radius 3 is 2.83 bits per heavy atom. The average molecular weight is 329 g/mol. The zero-order chi connectivity index (χ0) is 17.5. The van der Waals surface area contributed by atoms with Gasteiger partial charge in [0.1, 0.15) is 5.82 Å². The van der Waals surface area contributed by atoms with Gasteiger partial charge in [0.05, 0.1) is 23.9 Å². The standard InChI is InChI=1S/C19H27N3O2/c1-4-6-9-16-13-18(20)22(21-16)17-10-7-8-15(12-17)11-14(3)19(23)24-5-2/h7-8,10,12-14H,4-6,9,11,20H2,1-3H3. The third kappa shape index (κ3) is 4.60. The molecule has 0 saturated heterocycles. The number of nitrogens with zero attached hydrogens (tertiary/aromatic N) is 2. The summed E-state index contributed by atoms with van der Waals surface area (Å²) in [5.74, 6) is 0.301. The first-order valence-electron chi connectivity index (χ1n) is 8.65. The first-order chi connectivity index (χ1) is 11.5. The monoisotopic (exact) mass is 329 g/mol. The first kappa shape index (κ1) is 18.0. The molecule has 5 heteroatoms. The van der Waals surface area contributed by atoms with Crippen LogP contribution in [-0.2, 0) is 22.4 Å². The molecular weight excluding hydrogens is 302 g/mol. The number of rotatable bonds is 8. The summed E-state index contributed by atoms with van der Waals surface area (Å²) in [5, 5.41) is 4.60. The van der Waals surface area contributed by atoms with Crippen LogP contribution in [0.2, 0.25) is 0 Å². The molecule has 1 aromatic carbocycles. The van der Waals surface area contributed by atoms with Crippen LogP contribution in [0.25, 0.3) is 5.69 Å². The summed E-state index contributed by atoms with van der Waals surface area (Å²) in [5.41, 5.74) is 9.11. The fourth-order valence-electron chi connectivity index (χ4n) is 2.67. The van der Waals surface area contributed by atoms with Gasteiger partial charge in [-0.1, -0.05) is 32.4 Å². The van der Waals surface area contributed by atoms with Crippen LogP contribution in [0, 0.1) is 5.92 Å². The maximum absolute atomic E-state index is 11.8. The predicted molar refractivity (Wildman–Crippen MR) is 96.1 cm³/mol. The van der Waals surface area contributed by atoms with E-state index in [9.17, 15) is 4.79 Å². The van der Waals surface area contributed by atoms with Crippen LogP contribution in [-0.4, -0.2) is 22.4 Å². The van der Waals surface area contributed by atoms with Crippen LogP contribution < -0.4 is 5.73 Å². The Kier molecular flexibility index (Phi) is 6.41. The molecule has 0 amide bonds. The fourth-order valence-corrected chi connectivity index (χ4v) is 2.67. The maximum Gasteiger partial charge on any atom is 0.308 e. The zero-order valence-corrected chi connectivity index (χ0v) is 14.8. The number of carbonyl (C=O) groups excluding carboxylic acids is 1. The number of hydrogen-bond donors (Lipinski definition) is 1. The summed E-state index contributed by atoms with van der Waals surface area (Å²) >= 11 is 0. The first-order valence-corrected chi connectivity index (χ1v) is 8.65. The third-order valence-electron chi connectivity index (χ3n) is 3.96. The number of nitrogen functional groups attached to an aromatic ring is 1. The smallest absolute Gasteiger partial charge is 0.308 e. The lowest BCUT2D eigenvalue weighted by Crippen LogP contribution is -2.17. The van der Waals surface area contributed by atoms with Crippen LogP contribution in [0.3, 0.4) is 0 Å². The van der Waals surface area contributed by atoms with Crippen LogP contribution in [0.4, 0.5) is 5.82 Å². The Labute approximate surface area is 143 Å². The van der Waals surface area contributed by atoms with Crippen LogP contribution in [0.5, 0.6) is 0 Å². The number of carbonyl (C=O) groups is 1. The number of esters is 1. The van der Waals surface area contributed by atoms with Crippen molar-refractivity contribution in [1.82, 2.24) is 9.78 Å². The minimum absolute atomic E-state index is 0.164. The Bertz CT molecular complexity index is 679. The van der Waals surface area contributed by atoms with Crippen LogP contribution >= 0.6 is 0 Å². The topological polar surface area (TPSA) is 70.1 Å². The molecular formula is C19H27N3O2. The molecule has 0 fully saturated rings. The Hall–Kier alpha value is -2.30. The van der Waals surface area contributed by atoms with Crippen molar-refractivity contribution >= 4 is 11.8 Å². The summed E-state index contributed by atoms with van der Waals surface area (Å²) in [4.78, 5) is 11.8. The van der Waals surface area contributed by atoms with Crippen molar-refractivity contribution in [2.75, 3.05) is 12.3 Å². The van der Waals surface area contributed by atoms with E-state index in [0.29, 0.717) is 18.8 Å². The molecule has 0 aliphatic heterocycles. The molecule has 0 aliphatic carbocycles. The van der Waals surface area contributed by atoms with Crippen molar-refractivity contribution < 1.29 is 9.53 Å². The highest BCUT2D eigenvalue weighted by atomic mass is 16.5. The molecule has 0 bridgehead atoms. The van der Waals surface area contributed by atoms with Crippen molar-refractivity contribution in [2.24, 2.45) is 5.92 Å². The number of unbranched alkanes of at least 4 members (excludes halogenated alkanes) is 1. The van der Waals surface area contributed by atoms with Gasteiger partial charge in [0.2, 0.25) is 0 Å². The van der Waals surface area contributed by atoms with Gasteiger partial charge in [-0.15, -0.1) is 0 Å². The quantitative estimate of drug-likeness (QED) is 0.752. The van der Waals surface area contributed by atoms with E-state index in [1.54, 1.807) is 4.68 Å². The van der Waals surface area contributed by atoms with Crippen molar-refractivity contribution in [1.29, 1.82) is 0 Å². The van der Waals surface area contributed by atoms with Gasteiger partial charge in [-0.2, -0.15) is 5.10 Å². The molecule has 2 aromatic rings. The van der Waals surface area contributed by atoms with E-state index in [1.165, 1.54) is 0 Å². The second-order valence-corrected chi connectivity index (χ2v) is 6.10. The normalized spacial score (nSPS) is 12.1. The van der Waals surface area contributed by atoms with Gasteiger partial charge in [0.15, 0.2) is 0 Å². The number of aryl methyl sites for hydroxylation is 1. The molecule has 0 saturated carbocycles. The summed E-state index contributed by atoms with van der Waals surface area (Å²) in [7, 11) is 0. The van der Waals surface area contributed by atoms with E-state index in [2.05, 4.69) is 12.0 Å². The van der Waals surface area contributed by atoms with E-state index >= 15 is 0 Å². The summed E-state index contributed by atoms with van der Waals surface area (Å²) in [6.45, 7) is 6.28. The average Bonchev–Trinajstić information content (AvgIpc) is 2.94. The van der Waals surface area contributed by atoms with Crippen molar-refractivity contribution in [3.63, 3.8) is 0 Å². The zero-order valence-electron chi connectivity index (χ0n) is 14.8. The van der Waals surface area contributed by atoms with Crippen molar-refractivity contribution in [3.8, 4) is 5.69 Å². The van der Waals surface area contributed by atoms with Crippen LogP contribution in [0.1, 0.15) is 44.9 Å². The molecule has 1 aromatic heterocycles. The molecule has 2 rings (SSSR count). The van der Waals surface area contributed by atoms with E-state index in [4.69, 9.17) is 10.5 Å². The van der Waals surface area contributed by atoms with Gasteiger partial charge >= 0.3 is 5.97 Å². The SMILES string of the molecule is CCCCc1cc(N)n(-c2cccc(CC(C)C(=O)OCC)c2)n1. The third-order valence-corrected chi connectivity index (χ3v) is 3.96. The lowest BCUT2D eigenvalue weighted by Gasteiger charge is -2.12. The predicted octanol–water partition coefficient (Wildman–Crippen LogP) is 3.54. The van der Waals surface area contributed by atoms with E-state index in [1.807, 2.05) is 44.2 Å². The Morgan fingerprint density at radius 1 is 1.33 bits per heavy atom. The summed E-state index contributed by atoms with van der Waals surface area (Å²) in [6.07, 6.45) is 3.81. The number of hydrogen-bond acceptors (Lipinski definition) is 4. The second-order valence-electron chi connectivity index (χ2n) is 6.10. The van der Waals surface area contributed by atoms with Gasteiger partial charge in [0.25, 0.3) is 0 Å². The molecule has 0 radical (unpaired) electrons. The highest BCUT2D eigenvalue weighted by Gasteiger charge is 2.15. The van der Waals surface area contributed by atoms with Gasteiger partial charge < -0.3 is 10.5 Å². The molecule has 0 spiro atoms. The minimum atomic E-state index is -0.171. The number of ether oxygens (including phenoxy) is 1. The number of nitrogens with two attached hydrogens (primary N) is 1. The summed E-state index contributed by atoms with van der Waals surface area (Å²) < 4.78 is 6.84. The van der Waals surface area contributed by atoms with Gasteiger partial charge in [0, 0.05) is 6.07 Å². The van der Waals surface area contributed by atoms with Crippen molar-refractivity contribution in [2.45, 2.75) is 46.5 Å². The van der Waals surface area contributed by atoms with Gasteiger partial charge in [-0.3, -0.25) is 4.79 Å². The number of anilines is 1. The molecule has 2 N–H and O–H groups in total.